The highest BCUT2D eigenvalue weighted by molar-refractivity contribution is 9.10. The summed E-state index contributed by atoms with van der Waals surface area (Å²) in [5.41, 5.74) is -0.589. The van der Waals surface area contributed by atoms with Crippen LogP contribution in [0, 0.1) is 11.6 Å². The van der Waals surface area contributed by atoms with Gasteiger partial charge in [0.25, 0.3) is 5.91 Å². The van der Waals surface area contributed by atoms with Gasteiger partial charge in [0.15, 0.2) is 11.6 Å². The zero-order valence-corrected chi connectivity index (χ0v) is 11.8. The number of halogens is 3. The molecule has 1 heterocycles. The fourth-order valence-corrected chi connectivity index (χ4v) is 1.84. The van der Waals surface area contributed by atoms with Crippen LogP contribution in [0.3, 0.4) is 0 Å². The van der Waals surface area contributed by atoms with Crippen LogP contribution in [-0.2, 0) is 0 Å². The first-order valence-electron chi connectivity index (χ1n) is 5.47. The van der Waals surface area contributed by atoms with Gasteiger partial charge in [-0.3, -0.25) is 9.78 Å². The second kappa shape index (κ2) is 5.91. The van der Waals surface area contributed by atoms with Crippen LogP contribution < -0.4 is 10.6 Å². The maximum absolute atomic E-state index is 13.6. The van der Waals surface area contributed by atoms with Crippen molar-refractivity contribution in [3.05, 3.63) is 46.3 Å². The molecule has 0 spiro atoms. The SMILES string of the molecule is CNc1cncc(C(=O)Nc2c(F)cc(Br)cc2F)n1. The smallest absolute Gasteiger partial charge is 0.276 e. The third-order valence-electron chi connectivity index (χ3n) is 2.37. The lowest BCUT2D eigenvalue weighted by molar-refractivity contribution is 0.102. The van der Waals surface area contributed by atoms with Crippen molar-refractivity contribution in [1.82, 2.24) is 9.97 Å². The van der Waals surface area contributed by atoms with Gasteiger partial charge in [-0.15, -0.1) is 0 Å². The quantitative estimate of drug-likeness (QED) is 0.899. The van der Waals surface area contributed by atoms with Gasteiger partial charge in [0, 0.05) is 11.5 Å². The van der Waals surface area contributed by atoms with Gasteiger partial charge in [-0.2, -0.15) is 0 Å². The number of carbonyl (C=O) groups is 1. The molecule has 2 rings (SSSR count). The molecule has 0 unspecified atom stereocenters. The lowest BCUT2D eigenvalue weighted by atomic mass is 10.2. The molecule has 0 fully saturated rings. The van der Waals surface area contributed by atoms with E-state index in [9.17, 15) is 13.6 Å². The maximum Gasteiger partial charge on any atom is 0.276 e. The molecule has 1 aromatic carbocycles. The minimum absolute atomic E-state index is 0.0569. The molecule has 0 saturated heterocycles. The average molecular weight is 343 g/mol. The largest absolute Gasteiger partial charge is 0.372 e. The fourth-order valence-electron chi connectivity index (χ4n) is 1.44. The molecular formula is C12H9BrF2N4O. The number of anilines is 2. The molecule has 0 aliphatic rings. The highest BCUT2D eigenvalue weighted by atomic mass is 79.9. The molecule has 0 bridgehead atoms. The number of carbonyl (C=O) groups excluding carboxylic acids is 1. The predicted octanol–water partition coefficient (Wildman–Crippen LogP) is 2.81. The summed E-state index contributed by atoms with van der Waals surface area (Å²) in [6, 6.07) is 2.10. The molecule has 8 heteroatoms. The Bertz CT molecular complexity index is 643. The van der Waals surface area contributed by atoms with E-state index in [1.54, 1.807) is 7.05 Å². The van der Waals surface area contributed by atoms with E-state index in [4.69, 9.17) is 0 Å². The van der Waals surface area contributed by atoms with Gasteiger partial charge in [0.2, 0.25) is 0 Å². The third-order valence-corrected chi connectivity index (χ3v) is 2.83. The van der Waals surface area contributed by atoms with E-state index in [0.29, 0.717) is 5.82 Å². The van der Waals surface area contributed by atoms with Gasteiger partial charge in [-0.1, -0.05) is 15.9 Å². The van der Waals surface area contributed by atoms with Gasteiger partial charge in [-0.25, -0.2) is 13.8 Å². The zero-order valence-electron chi connectivity index (χ0n) is 10.2. The summed E-state index contributed by atoms with van der Waals surface area (Å²) in [5.74, 6) is -2.16. The molecule has 0 saturated carbocycles. The Kier molecular flexibility index (Phi) is 4.23. The minimum atomic E-state index is -0.886. The first kappa shape index (κ1) is 14.3. The van der Waals surface area contributed by atoms with Crippen LogP contribution in [0.15, 0.2) is 29.0 Å². The monoisotopic (exact) mass is 342 g/mol. The summed E-state index contributed by atoms with van der Waals surface area (Å²) in [7, 11) is 1.61. The molecule has 0 aliphatic heterocycles. The van der Waals surface area contributed by atoms with E-state index in [1.165, 1.54) is 12.4 Å². The normalized spacial score (nSPS) is 10.2. The lowest BCUT2D eigenvalue weighted by Crippen LogP contribution is -2.16. The summed E-state index contributed by atoms with van der Waals surface area (Å²) in [6.45, 7) is 0. The van der Waals surface area contributed by atoms with E-state index in [1.807, 2.05) is 0 Å². The van der Waals surface area contributed by atoms with E-state index in [-0.39, 0.29) is 10.2 Å². The van der Waals surface area contributed by atoms with E-state index in [2.05, 4.69) is 36.5 Å². The van der Waals surface area contributed by atoms with Crippen LogP contribution >= 0.6 is 15.9 Å². The van der Waals surface area contributed by atoms with Crippen LogP contribution in [0.5, 0.6) is 0 Å². The Morgan fingerprint density at radius 1 is 1.25 bits per heavy atom. The minimum Gasteiger partial charge on any atom is -0.372 e. The number of amides is 1. The molecule has 2 aromatic rings. The lowest BCUT2D eigenvalue weighted by Gasteiger charge is -2.08. The van der Waals surface area contributed by atoms with Crippen LogP contribution in [0.2, 0.25) is 0 Å². The van der Waals surface area contributed by atoms with Gasteiger partial charge in [-0.05, 0) is 12.1 Å². The summed E-state index contributed by atoms with van der Waals surface area (Å²) in [6.07, 6.45) is 2.61. The summed E-state index contributed by atoms with van der Waals surface area (Å²) in [4.78, 5) is 19.6. The molecular weight excluding hydrogens is 334 g/mol. The highest BCUT2D eigenvalue weighted by Crippen LogP contribution is 2.24. The van der Waals surface area contributed by atoms with Crippen LogP contribution in [0.25, 0.3) is 0 Å². The van der Waals surface area contributed by atoms with Crippen LogP contribution in [0.1, 0.15) is 10.5 Å². The molecule has 1 amide bonds. The number of rotatable bonds is 3. The predicted molar refractivity (Wildman–Crippen MR) is 73.6 cm³/mol. The van der Waals surface area contributed by atoms with E-state index < -0.39 is 23.2 Å². The van der Waals surface area contributed by atoms with Crippen molar-refractivity contribution in [3.63, 3.8) is 0 Å². The van der Waals surface area contributed by atoms with Crippen molar-refractivity contribution in [3.8, 4) is 0 Å². The van der Waals surface area contributed by atoms with Crippen molar-refractivity contribution >= 4 is 33.3 Å². The standard InChI is InChI=1S/C12H9BrF2N4O/c1-16-10-5-17-4-9(18-10)12(20)19-11-7(14)2-6(13)3-8(11)15/h2-5H,1H3,(H,16,18)(H,19,20). The molecule has 20 heavy (non-hydrogen) atoms. The highest BCUT2D eigenvalue weighted by Gasteiger charge is 2.16. The Hall–Kier alpha value is -2.09. The molecule has 5 nitrogen and oxygen atoms in total. The number of hydrogen-bond donors (Lipinski definition) is 2. The fraction of sp³-hybridized carbons (Fsp3) is 0.0833. The number of nitrogens with zero attached hydrogens (tertiary/aromatic N) is 2. The van der Waals surface area contributed by atoms with Crippen LogP contribution in [0.4, 0.5) is 20.3 Å². The average Bonchev–Trinajstić information content (AvgIpc) is 2.42. The Morgan fingerprint density at radius 2 is 1.90 bits per heavy atom. The first-order chi connectivity index (χ1) is 9.51. The van der Waals surface area contributed by atoms with Gasteiger partial charge < -0.3 is 10.6 Å². The number of benzene rings is 1. The van der Waals surface area contributed by atoms with E-state index in [0.717, 1.165) is 12.1 Å². The van der Waals surface area contributed by atoms with Gasteiger partial charge in [0.1, 0.15) is 17.2 Å². The van der Waals surface area contributed by atoms with Crippen molar-refractivity contribution in [2.45, 2.75) is 0 Å². The van der Waals surface area contributed by atoms with Crippen molar-refractivity contribution < 1.29 is 13.6 Å². The molecule has 104 valence electrons. The van der Waals surface area contributed by atoms with Crippen molar-refractivity contribution in [2.24, 2.45) is 0 Å². The maximum atomic E-state index is 13.6. The number of aromatic nitrogens is 2. The second-order valence-electron chi connectivity index (χ2n) is 3.74. The van der Waals surface area contributed by atoms with E-state index >= 15 is 0 Å². The summed E-state index contributed by atoms with van der Waals surface area (Å²) in [5, 5.41) is 4.84. The molecule has 0 radical (unpaired) electrons. The van der Waals surface area contributed by atoms with Crippen LogP contribution in [-0.4, -0.2) is 22.9 Å². The molecule has 2 N–H and O–H groups in total. The number of nitrogens with one attached hydrogen (secondary N) is 2. The summed E-state index contributed by atoms with van der Waals surface area (Å²) >= 11 is 2.95. The Labute approximate surface area is 121 Å². The van der Waals surface area contributed by atoms with Gasteiger partial charge >= 0.3 is 0 Å². The number of hydrogen-bond acceptors (Lipinski definition) is 4. The molecule has 1 aromatic heterocycles. The topological polar surface area (TPSA) is 66.9 Å². The molecule has 0 atom stereocenters. The summed E-state index contributed by atoms with van der Waals surface area (Å²) < 4.78 is 27.4. The molecule has 0 aliphatic carbocycles. The second-order valence-corrected chi connectivity index (χ2v) is 4.65. The van der Waals surface area contributed by atoms with Gasteiger partial charge in [0.05, 0.1) is 12.4 Å². The van der Waals surface area contributed by atoms with Crippen molar-refractivity contribution in [2.75, 3.05) is 17.7 Å². The van der Waals surface area contributed by atoms with Crippen molar-refractivity contribution in [1.29, 1.82) is 0 Å². The Morgan fingerprint density at radius 3 is 2.50 bits per heavy atom. The first-order valence-corrected chi connectivity index (χ1v) is 6.26. The Balaban J connectivity index is 2.28. The zero-order chi connectivity index (χ0) is 14.7. The third kappa shape index (κ3) is 3.08.